The molecule has 4 aliphatic rings. The van der Waals surface area contributed by atoms with Gasteiger partial charge < -0.3 is 9.80 Å². The van der Waals surface area contributed by atoms with Gasteiger partial charge in [-0.25, -0.2) is 0 Å². The highest BCUT2D eigenvalue weighted by Crippen LogP contribution is 2.54. The van der Waals surface area contributed by atoms with Crippen LogP contribution in [0.15, 0.2) is 217 Å². The third-order valence-corrected chi connectivity index (χ3v) is 14.7. The first kappa shape index (κ1) is 40.1. The summed E-state index contributed by atoms with van der Waals surface area (Å²) in [5, 5.41) is 7.60. The SMILES string of the molecule is Cc1ccc(-c2c3ccc(N(c4ccccc4)c4ccc5ccccc5c4)cc3c(C3=CC4=C(CC3)c3ccccc3C4(C)C)c3ccc(N(C4=CCCC=C4)C4=CC=CCC4)cc23)cc1. The normalized spacial score (nSPS) is 16.3. The second-order valence-corrected chi connectivity index (χ2v) is 19.1. The molecule has 2 nitrogen and oxygen atoms in total. The molecular formula is C64H54N2. The number of nitrogens with zero attached hydrogens (tertiary/aromatic N) is 2. The second-order valence-electron chi connectivity index (χ2n) is 19.1. The van der Waals surface area contributed by atoms with E-state index in [1.165, 1.54) is 99.5 Å². The van der Waals surface area contributed by atoms with Gasteiger partial charge in [0.1, 0.15) is 0 Å². The smallest absolute Gasteiger partial charge is 0.0468 e. The number of benzene rings is 8. The fourth-order valence-electron chi connectivity index (χ4n) is 11.4. The summed E-state index contributed by atoms with van der Waals surface area (Å²) in [6.07, 6.45) is 22.7. The first-order valence-electron chi connectivity index (χ1n) is 23.9. The minimum Gasteiger partial charge on any atom is -0.315 e. The Balaban J connectivity index is 1.16. The zero-order valence-electron chi connectivity index (χ0n) is 38.2. The largest absolute Gasteiger partial charge is 0.315 e. The number of anilines is 4. The molecule has 0 radical (unpaired) electrons. The van der Waals surface area contributed by atoms with E-state index in [0.29, 0.717) is 0 Å². The highest BCUT2D eigenvalue weighted by Gasteiger charge is 2.38. The predicted octanol–water partition coefficient (Wildman–Crippen LogP) is 17.8. The third kappa shape index (κ3) is 6.78. The van der Waals surface area contributed by atoms with E-state index in [0.717, 1.165) is 55.6 Å². The Morgan fingerprint density at radius 1 is 0.515 bits per heavy atom. The number of para-hydroxylation sites is 1. The molecule has 0 fully saturated rings. The van der Waals surface area contributed by atoms with Crippen molar-refractivity contribution < 1.29 is 0 Å². The molecule has 320 valence electrons. The highest BCUT2D eigenvalue weighted by molar-refractivity contribution is 6.20. The van der Waals surface area contributed by atoms with Crippen LogP contribution in [0.25, 0.3) is 54.6 Å². The number of rotatable bonds is 8. The molecule has 0 saturated heterocycles. The van der Waals surface area contributed by atoms with Crippen molar-refractivity contribution in [2.75, 3.05) is 9.80 Å². The second kappa shape index (κ2) is 16.2. The van der Waals surface area contributed by atoms with Gasteiger partial charge >= 0.3 is 0 Å². The van der Waals surface area contributed by atoms with Gasteiger partial charge in [0.25, 0.3) is 0 Å². The maximum Gasteiger partial charge on any atom is 0.0468 e. The molecular weight excluding hydrogens is 797 g/mol. The van der Waals surface area contributed by atoms with Crippen LogP contribution in [0.2, 0.25) is 0 Å². The van der Waals surface area contributed by atoms with Crippen molar-refractivity contribution in [2.24, 2.45) is 0 Å². The Morgan fingerprint density at radius 3 is 1.98 bits per heavy atom. The number of allylic oxidation sites excluding steroid dienone is 11. The van der Waals surface area contributed by atoms with Crippen molar-refractivity contribution in [3.05, 3.63) is 239 Å². The fourth-order valence-corrected chi connectivity index (χ4v) is 11.4. The molecule has 0 amide bonds. The lowest BCUT2D eigenvalue weighted by Crippen LogP contribution is -2.22. The van der Waals surface area contributed by atoms with Crippen LogP contribution in [0.4, 0.5) is 22.7 Å². The lowest BCUT2D eigenvalue weighted by molar-refractivity contribution is 0.652. The van der Waals surface area contributed by atoms with E-state index in [-0.39, 0.29) is 5.41 Å². The lowest BCUT2D eigenvalue weighted by atomic mass is 9.76. The third-order valence-electron chi connectivity index (χ3n) is 14.7. The molecule has 66 heavy (non-hydrogen) atoms. The summed E-state index contributed by atoms with van der Waals surface area (Å²) in [6.45, 7) is 7.04. The number of fused-ring (bicyclic) bond motifs is 5. The fraction of sp³-hybridized carbons (Fsp3) is 0.156. The molecule has 0 heterocycles. The molecule has 8 aromatic carbocycles. The quantitative estimate of drug-likeness (QED) is 0.141. The van der Waals surface area contributed by atoms with Gasteiger partial charge in [0.15, 0.2) is 0 Å². The molecule has 0 N–H and O–H groups in total. The number of aryl methyl sites for hydroxylation is 1. The standard InChI is InChI=1S/C64H54N2/c1-43-27-29-45(30-28-43)62-56-37-35-53(66(50-23-11-6-12-24-50)51-33-31-44-17-13-14-18-46(44)39-51)42-59(56)63(47-32-36-55-54-25-15-16-26-60(54)64(2,3)61(55)40-47)57-38-34-52(41-58(57)62)65(48-19-7-4-8-20-48)49-21-9-5-10-22-49/h4,6-7,9,11-19,21-31,33-35,37-42H,5,8,10,20,32,36H2,1-3H3. The molecule has 0 spiro atoms. The van der Waals surface area contributed by atoms with E-state index >= 15 is 0 Å². The van der Waals surface area contributed by atoms with Gasteiger partial charge in [-0.3, -0.25) is 0 Å². The molecule has 12 rings (SSSR count). The van der Waals surface area contributed by atoms with Crippen LogP contribution in [-0.4, -0.2) is 0 Å². The Morgan fingerprint density at radius 2 is 1.21 bits per heavy atom. The summed E-state index contributed by atoms with van der Waals surface area (Å²) < 4.78 is 0. The van der Waals surface area contributed by atoms with Crippen LogP contribution >= 0.6 is 0 Å². The minimum absolute atomic E-state index is 0.0898. The Bertz CT molecular complexity index is 3440. The van der Waals surface area contributed by atoms with E-state index in [9.17, 15) is 0 Å². The molecule has 0 saturated carbocycles. The van der Waals surface area contributed by atoms with Gasteiger partial charge in [0.2, 0.25) is 0 Å². The topological polar surface area (TPSA) is 6.48 Å². The molecule has 8 aromatic rings. The summed E-state index contributed by atoms with van der Waals surface area (Å²) in [5.41, 5.74) is 19.5. The lowest BCUT2D eigenvalue weighted by Gasteiger charge is -2.32. The van der Waals surface area contributed by atoms with Crippen molar-refractivity contribution in [1.82, 2.24) is 0 Å². The molecule has 4 aliphatic carbocycles. The highest BCUT2D eigenvalue weighted by atomic mass is 15.2. The van der Waals surface area contributed by atoms with Crippen LogP contribution in [0.3, 0.4) is 0 Å². The van der Waals surface area contributed by atoms with E-state index in [4.69, 9.17) is 0 Å². The zero-order valence-corrected chi connectivity index (χ0v) is 38.2. The zero-order chi connectivity index (χ0) is 44.4. The molecule has 0 unspecified atom stereocenters. The van der Waals surface area contributed by atoms with Crippen molar-refractivity contribution >= 4 is 66.2 Å². The molecule has 0 aliphatic heterocycles. The number of hydrogen-bond donors (Lipinski definition) is 0. The Labute approximate surface area is 389 Å². The first-order chi connectivity index (χ1) is 32.4. The van der Waals surface area contributed by atoms with E-state index < -0.39 is 0 Å². The number of hydrogen-bond acceptors (Lipinski definition) is 2. The molecule has 0 atom stereocenters. The van der Waals surface area contributed by atoms with E-state index in [2.05, 4.69) is 231 Å². The summed E-state index contributed by atoms with van der Waals surface area (Å²) in [4.78, 5) is 4.97. The Hall–Kier alpha value is -7.42. The first-order valence-corrected chi connectivity index (χ1v) is 23.9. The van der Waals surface area contributed by atoms with Gasteiger partial charge in [0, 0.05) is 39.6 Å². The maximum absolute atomic E-state index is 2.60. The minimum atomic E-state index is -0.0898. The van der Waals surface area contributed by atoms with Gasteiger partial charge in [-0.1, -0.05) is 159 Å². The molecule has 0 aromatic heterocycles. The van der Waals surface area contributed by atoms with Crippen LogP contribution < -0.4 is 9.80 Å². The van der Waals surface area contributed by atoms with Crippen molar-refractivity contribution in [3.63, 3.8) is 0 Å². The van der Waals surface area contributed by atoms with Crippen molar-refractivity contribution in [1.29, 1.82) is 0 Å². The van der Waals surface area contributed by atoms with Crippen LogP contribution in [-0.2, 0) is 5.41 Å². The van der Waals surface area contributed by atoms with Crippen molar-refractivity contribution in [2.45, 2.75) is 64.7 Å². The van der Waals surface area contributed by atoms with E-state index in [1.807, 2.05) is 0 Å². The molecule has 2 heteroatoms. The molecule has 0 bridgehead atoms. The van der Waals surface area contributed by atoms with Gasteiger partial charge in [-0.15, -0.1) is 0 Å². The van der Waals surface area contributed by atoms with Crippen LogP contribution in [0.5, 0.6) is 0 Å². The summed E-state index contributed by atoms with van der Waals surface area (Å²) in [5.74, 6) is 0. The van der Waals surface area contributed by atoms with Gasteiger partial charge in [-0.2, -0.15) is 0 Å². The summed E-state index contributed by atoms with van der Waals surface area (Å²) >= 11 is 0. The predicted molar refractivity (Wildman–Crippen MR) is 283 cm³/mol. The van der Waals surface area contributed by atoms with Gasteiger partial charge in [0.05, 0.1) is 0 Å². The average molecular weight is 851 g/mol. The van der Waals surface area contributed by atoms with Crippen molar-refractivity contribution in [3.8, 4) is 11.1 Å². The van der Waals surface area contributed by atoms with Crippen LogP contribution in [0, 0.1) is 6.92 Å². The summed E-state index contributed by atoms with van der Waals surface area (Å²) in [7, 11) is 0. The Kier molecular flexibility index (Phi) is 9.86. The average Bonchev–Trinajstić information content (AvgIpc) is 3.59. The monoisotopic (exact) mass is 850 g/mol. The van der Waals surface area contributed by atoms with Gasteiger partial charge in [-0.05, 0) is 183 Å². The maximum atomic E-state index is 2.60. The summed E-state index contributed by atoms with van der Waals surface area (Å²) in [6, 6.07) is 59.4. The van der Waals surface area contributed by atoms with Crippen LogP contribution in [0.1, 0.15) is 74.6 Å². The van der Waals surface area contributed by atoms with E-state index in [1.54, 1.807) is 0 Å².